The summed E-state index contributed by atoms with van der Waals surface area (Å²) in [7, 11) is -8.26. The highest BCUT2D eigenvalue weighted by molar-refractivity contribution is 7.87. The first kappa shape index (κ1) is 35.5. The largest absolute Gasteiger partial charge is 0.379 e. The molecule has 4 N–H and O–H groups in total. The molecular formula is C40H30N4O8S2. The number of benzene rings is 7. The van der Waals surface area contributed by atoms with Gasteiger partial charge in [0.25, 0.3) is 0 Å². The standard InChI is InChI=1S/C40H30N4O8S2/c45-39(41-29-18-22-33(23-19-29)51-53(47,48)37-16-5-10-27-8-1-3-14-35(27)37)43-31-12-7-13-32(26-31)44-40(46)42-30-20-24-34(25-21-30)52-54(49,50)38-17-6-11-28-9-2-4-15-36(28)38/h1-26H,(H2,41,43,45)(H2,42,44,46). The van der Waals surface area contributed by atoms with Gasteiger partial charge in [-0.05, 0) is 89.6 Å². The van der Waals surface area contributed by atoms with E-state index in [1.165, 1.54) is 60.7 Å². The van der Waals surface area contributed by atoms with Crippen LogP contribution in [0.4, 0.5) is 32.3 Å². The van der Waals surface area contributed by atoms with E-state index in [1.54, 1.807) is 60.7 Å². The molecule has 0 aliphatic heterocycles. The van der Waals surface area contributed by atoms with Crippen molar-refractivity contribution in [2.45, 2.75) is 9.79 Å². The molecule has 7 aromatic carbocycles. The lowest BCUT2D eigenvalue weighted by Gasteiger charge is -2.12. The second-order valence-electron chi connectivity index (χ2n) is 11.8. The second kappa shape index (κ2) is 15.0. The summed E-state index contributed by atoms with van der Waals surface area (Å²) in [5, 5.41) is 13.3. The Hall–Kier alpha value is -6.90. The molecule has 0 fully saturated rings. The van der Waals surface area contributed by atoms with E-state index in [0.717, 1.165) is 10.8 Å². The minimum atomic E-state index is -4.13. The van der Waals surface area contributed by atoms with Crippen LogP contribution in [0.2, 0.25) is 0 Å². The van der Waals surface area contributed by atoms with Crippen LogP contribution in [0.15, 0.2) is 168 Å². The number of nitrogens with one attached hydrogen (secondary N) is 4. The molecule has 12 nitrogen and oxygen atoms in total. The van der Waals surface area contributed by atoms with E-state index in [2.05, 4.69) is 21.3 Å². The molecule has 0 saturated heterocycles. The molecule has 0 heterocycles. The van der Waals surface area contributed by atoms with Crippen molar-refractivity contribution >= 4 is 76.6 Å². The number of urea groups is 2. The van der Waals surface area contributed by atoms with Crippen molar-refractivity contribution in [3.8, 4) is 11.5 Å². The Bertz CT molecular complexity index is 2540. The van der Waals surface area contributed by atoms with Crippen LogP contribution in [0, 0.1) is 0 Å². The summed E-state index contributed by atoms with van der Waals surface area (Å²) < 4.78 is 62.9. The molecule has 7 rings (SSSR count). The van der Waals surface area contributed by atoms with Crippen molar-refractivity contribution in [3.05, 3.63) is 158 Å². The van der Waals surface area contributed by atoms with Crippen LogP contribution in [-0.2, 0) is 20.2 Å². The van der Waals surface area contributed by atoms with Crippen molar-refractivity contribution in [1.82, 2.24) is 0 Å². The number of amides is 4. The summed E-state index contributed by atoms with van der Waals surface area (Å²) >= 11 is 0. The highest BCUT2D eigenvalue weighted by Gasteiger charge is 2.21. The van der Waals surface area contributed by atoms with Gasteiger partial charge in [-0.15, -0.1) is 0 Å². The lowest BCUT2D eigenvalue weighted by molar-refractivity contribution is 0.261. The van der Waals surface area contributed by atoms with Gasteiger partial charge in [-0.1, -0.05) is 78.9 Å². The minimum absolute atomic E-state index is 0.0453. The maximum atomic E-state index is 13.0. The van der Waals surface area contributed by atoms with Gasteiger partial charge in [-0.2, -0.15) is 16.8 Å². The summed E-state index contributed by atoms with van der Waals surface area (Å²) in [4.78, 5) is 25.6. The van der Waals surface area contributed by atoms with E-state index in [0.29, 0.717) is 33.5 Å². The Morgan fingerprint density at radius 3 is 1.17 bits per heavy atom. The van der Waals surface area contributed by atoms with Crippen molar-refractivity contribution in [3.63, 3.8) is 0 Å². The highest BCUT2D eigenvalue weighted by atomic mass is 32.2. The smallest absolute Gasteiger partial charge is 0.339 e. The molecule has 0 radical (unpaired) electrons. The van der Waals surface area contributed by atoms with Gasteiger partial charge in [0.1, 0.15) is 21.3 Å². The van der Waals surface area contributed by atoms with Crippen LogP contribution in [0.1, 0.15) is 0 Å². The molecule has 270 valence electrons. The third kappa shape index (κ3) is 8.25. The van der Waals surface area contributed by atoms with Gasteiger partial charge in [-0.3, -0.25) is 0 Å². The zero-order valence-corrected chi connectivity index (χ0v) is 29.7. The first-order valence-corrected chi connectivity index (χ1v) is 19.1. The summed E-state index contributed by atoms with van der Waals surface area (Å²) in [5.41, 5.74) is 1.50. The lowest BCUT2D eigenvalue weighted by atomic mass is 10.1. The molecule has 0 bridgehead atoms. The van der Waals surface area contributed by atoms with Crippen molar-refractivity contribution in [2.24, 2.45) is 0 Å². The maximum Gasteiger partial charge on any atom is 0.339 e. The predicted octanol–water partition coefficient (Wildman–Crippen LogP) is 8.82. The number of hydrogen-bond donors (Lipinski definition) is 4. The normalized spacial score (nSPS) is 11.4. The maximum absolute atomic E-state index is 13.0. The lowest BCUT2D eigenvalue weighted by Crippen LogP contribution is -2.21. The van der Waals surface area contributed by atoms with Crippen molar-refractivity contribution in [2.75, 3.05) is 21.3 Å². The quantitative estimate of drug-likeness (QED) is 0.100. The Morgan fingerprint density at radius 1 is 0.389 bits per heavy atom. The van der Waals surface area contributed by atoms with Gasteiger partial charge in [0.05, 0.1) is 0 Å². The van der Waals surface area contributed by atoms with Gasteiger partial charge in [0.15, 0.2) is 0 Å². The van der Waals surface area contributed by atoms with Gasteiger partial charge in [-0.25, -0.2) is 9.59 Å². The number of fused-ring (bicyclic) bond motifs is 2. The van der Waals surface area contributed by atoms with E-state index in [4.69, 9.17) is 8.37 Å². The first-order valence-electron chi connectivity index (χ1n) is 16.3. The predicted molar refractivity (Wildman–Crippen MR) is 208 cm³/mol. The van der Waals surface area contributed by atoms with Crippen molar-refractivity contribution in [1.29, 1.82) is 0 Å². The SMILES string of the molecule is O=C(Nc1ccc(OS(=O)(=O)c2cccc3ccccc23)cc1)Nc1cccc(NC(=O)Nc2ccc(OS(=O)(=O)c3cccc4ccccc34)cc2)c1. The number of hydrogen-bond acceptors (Lipinski definition) is 8. The average Bonchev–Trinajstić information content (AvgIpc) is 3.16. The van der Waals surface area contributed by atoms with Gasteiger partial charge in [0, 0.05) is 33.5 Å². The van der Waals surface area contributed by atoms with Gasteiger partial charge < -0.3 is 29.6 Å². The van der Waals surface area contributed by atoms with E-state index < -0.39 is 32.3 Å². The number of anilines is 4. The van der Waals surface area contributed by atoms with Gasteiger partial charge in [0.2, 0.25) is 0 Å². The van der Waals surface area contributed by atoms with Crippen LogP contribution in [0.3, 0.4) is 0 Å². The molecule has 0 aromatic heterocycles. The van der Waals surface area contributed by atoms with Gasteiger partial charge >= 0.3 is 32.3 Å². The third-order valence-electron chi connectivity index (χ3n) is 8.05. The first-order chi connectivity index (χ1) is 26.0. The fourth-order valence-corrected chi connectivity index (χ4v) is 7.93. The Labute approximate surface area is 310 Å². The molecule has 7 aromatic rings. The number of carbonyl (C=O) groups is 2. The van der Waals surface area contributed by atoms with E-state index in [1.807, 2.05) is 36.4 Å². The minimum Gasteiger partial charge on any atom is -0.379 e. The zero-order chi connectivity index (χ0) is 37.7. The Morgan fingerprint density at radius 2 is 0.741 bits per heavy atom. The summed E-state index contributed by atoms with van der Waals surface area (Å²) in [6.45, 7) is 0. The monoisotopic (exact) mass is 758 g/mol. The van der Waals surface area contributed by atoms with Crippen molar-refractivity contribution < 1.29 is 34.8 Å². The second-order valence-corrected chi connectivity index (χ2v) is 14.8. The fraction of sp³-hybridized carbons (Fsp3) is 0. The molecule has 4 amide bonds. The molecule has 54 heavy (non-hydrogen) atoms. The van der Waals surface area contributed by atoms with Crippen LogP contribution >= 0.6 is 0 Å². The molecule has 14 heteroatoms. The van der Waals surface area contributed by atoms with Crippen LogP contribution in [0.25, 0.3) is 21.5 Å². The van der Waals surface area contributed by atoms with Crippen LogP contribution < -0.4 is 29.6 Å². The van der Waals surface area contributed by atoms with Crippen LogP contribution in [-0.4, -0.2) is 28.9 Å². The number of rotatable bonds is 10. The molecule has 0 saturated carbocycles. The zero-order valence-electron chi connectivity index (χ0n) is 28.1. The highest BCUT2D eigenvalue weighted by Crippen LogP contribution is 2.28. The van der Waals surface area contributed by atoms with E-state index in [9.17, 15) is 26.4 Å². The number of carbonyl (C=O) groups excluding carboxylic acids is 2. The summed E-state index contributed by atoms with van der Waals surface area (Å²) in [6.07, 6.45) is 0. The molecule has 0 unspecified atom stereocenters. The van der Waals surface area contributed by atoms with E-state index >= 15 is 0 Å². The average molecular weight is 759 g/mol. The molecule has 0 spiro atoms. The van der Waals surface area contributed by atoms with Crippen LogP contribution in [0.5, 0.6) is 11.5 Å². The Kier molecular flexibility index (Phi) is 9.85. The summed E-state index contributed by atoms with van der Waals surface area (Å²) in [5.74, 6) is 0.139. The topological polar surface area (TPSA) is 169 Å². The molecule has 0 atom stereocenters. The fourth-order valence-electron chi connectivity index (χ4n) is 5.62. The third-order valence-corrected chi connectivity index (χ3v) is 10.7. The molecular weight excluding hydrogens is 729 g/mol. The molecule has 0 aliphatic rings. The Balaban J connectivity index is 0.912. The summed E-state index contributed by atoms with van der Waals surface area (Å²) in [6, 6.07) is 41.1. The van der Waals surface area contributed by atoms with E-state index in [-0.39, 0.29) is 21.3 Å². The molecule has 0 aliphatic carbocycles.